The van der Waals surface area contributed by atoms with E-state index in [4.69, 9.17) is 10.2 Å². The molecule has 0 bridgehead atoms. The molecule has 0 aliphatic carbocycles. The van der Waals surface area contributed by atoms with Crippen molar-refractivity contribution >= 4 is 17.5 Å². The van der Waals surface area contributed by atoms with Gasteiger partial charge in [0.15, 0.2) is 5.76 Å². The van der Waals surface area contributed by atoms with Crippen molar-refractivity contribution in [1.29, 1.82) is 0 Å². The normalized spacial score (nSPS) is 16.7. The van der Waals surface area contributed by atoms with E-state index >= 15 is 0 Å². The number of halogens is 1. The topological polar surface area (TPSA) is 88.6 Å². The van der Waals surface area contributed by atoms with E-state index in [1.807, 2.05) is 24.3 Å². The first-order chi connectivity index (χ1) is 15.0. The van der Waals surface area contributed by atoms with Crippen LogP contribution in [0.4, 0.5) is 10.1 Å². The molecule has 0 radical (unpaired) electrons. The highest BCUT2D eigenvalue weighted by Crippen LogP contribution is 2.25. The van der Waals surface area contributed by atoms with Gasteiger partial charge in [0.2, 0.25) is 5.91 Å². The maximum atomic E-state index is 13.1. The van der Waals surface area contributed by atoms with E-state index in [-0.39, 0.29) is 29.3 Å². The van der Waals surface area contributed by atoms with Gasteiger partial charge in [-0.2, -0.15) is 0 Å². The predicted octanol–water partition coefficient (Wildman–Crippen LogP) is 4.04. The van der Waals surface area contributed by atoms with E-state index in [0.717, 1.165) is 24.9 Å². The minimum Gasteiger partial charge on any atom is -0.451 e. The summed E-state index contributed by atoms with van der Waals surface area (Å²) >= 11 is 0. The van der Waals surface area contributed by atoms with Crippen molar-refractivity contribution in [3.63, 3.8) is 0 Å². The number of para-hydroxylation sites is 1. The minimum atomic E-state index is -0.366. The summed E-state index contributed by atoms with van der Waals surface area (Å²) in [5, 5.41) is 2.91. The zero-order valence-corrected chi connectivity index (χ0v) is 17.0. The van der Waals surface area contributed by atoms with Crippen LogP contribution in [0.3, 0.4) is 0 Å². The van der Waals surface area contributed by atoms with E-state index in [1.54, 1.807) is 24.3 Å². The van der Waals surface area contributed by atoms with Crippen LogP contribution < -0.4 is 11.1 Å². The number of benzene rings is 2. The number of primary amides is 1. The van der Waals surface area contributed by atoms with Crippen LogP contribution in [0, 0.1) is 11.7 Å². The summed E-state index contributed by atoms with van der Waals surface area (Å²) in [4.78, 5) is 26.5. The summed E-state index contributed by atoms with van der Waals surface area (Å²) in [5.41, 5.74) is 7.81. The summed E-state index contributed by atoms with van der Waals surface area (Å²) < 4.78 is 18.8. The molecule has 2 aromatic carbocycles. The number of hydrogen-bond acceptors (Lipinski definition) is 4. The number of rotatable bonds is 6. The van der Waals surface area contributed by atoms with Crippen LogP contribution in [-0.2, 0) is 11.3 Å². The van der Waals surface area contributed by atoms with E-state index < -0.39 is 0 Å². The average molecular weight is 421 g/mol. The van der Waals surface area contributed by atoms with E-state index in [1.165, 1.54) is 12.1 Å². The van der Waals surface area contributed by atoms with Gasteiger partial charge in [-0.15, -0.1) is 0 Å². The standard InChI is InChI=1S/C24H24FN3O3/c25-19-9-7-16(8-10-19)21-11-12-22(31-21)24(30)27-20-6-2-1-4-17(20)14-28-13-3-5-18(15-28)23(26)29/h1-2,4,6-12,18H,3,5,13-15H2,(H2,26,29)(H,27,30). The highest BCUT2D eigenvalue weighted by molar-refractivity contribution is 6.03. The fourth-order valence-corrected chi connectivity index (χ4v) is 3.87. The first-order valence-electron chi connectivity index (χ1n) is 10.3. The van der Waals surface area contributed by atoms with Gasteiger partial charge in [0.05, 0.1) is 5.92 Å². The molecule has 1 saturated heterocycles. The van der Waals surface area contributed by atoms with Gasteiger partial charge in [0, 0.05) is 24.3 Å². The number of piperidine rings is 1. The molecule has 31 heavy (non-hydrogen) atoms. The summed E-state index contributed by atoms with van der Waals surface area (Å²) in [7, 11) is 0. The zero-order valence-electron chi connectivity index (χ0n) is 17.0. The van der Waals surface area contributed by atoms with Crippen molar-refractivity contribution < 1.29 is 18.4 Å². The van der Waals surface area contributed by atoms with Crippen molar-refractivity contribution in [2.75, 3.05) is 18.4 Å². The molecule has 2 amide bonds. The van der Waals surface area contributed by atoms with Gasteiger partial charge in [0.25, 0.3) is 5.91 Å². The molecule has 1 unspecified atom stereocenters. The molecule has 0 spiro atoms. The van der Waals surface area contributed by atoms with Crippen molar-refractivity contribution in [2.24, 2.45) is 11.7 Å². The second-order valence-electron chi connectivity index (χ2n) is 7.76. The van der Waals surface area contributed by atoms with Gasteiger partial charge in [-0.3, -0.25) is 14.5 Å². The number of hydrogen-bond donors (Lipinski definition) is 2. The van der Waals surface area contributed by atoms with Gasteiger partial charge in [0.1, 0.15) is 11.6 Å². The Bertz CT molecular complexity index is 1080. The molecule has 3 N–H and O–H groups in total. The summed E-state index contributed by atoms with van der Waals surface area (Å²) in [6.07, 6.45) is 1.74. The van der Waals surface area contributed by atoms with Crippen LogP contribution in [0.1, 0.15) is 29.0 Å². The lowest BCUT2D eigenvalue weighted by atomic mass is 9.97. The van der Waals surface area contributed by atoms with Crippen LogP contribution in [0.15, 0.2) is 65.1 Å². The molecule has 2 heterocycles. The van der Waals surface area contributed by atoms with Gasteiger partial charge < -0.3 is 15.5 Å². The zero-order chi connectivity index (χ0) is 21.8. The average Bonchev–Trinajstić information content (AvgIpc) is 3.26. The molecule has 1 aromatic heterocycles. The Morgan fingerprint density at radius 3 is 2.65 bits per heavy atom. The predicted molar refractivity (Wildman–Crippen MR) is 116 cm³/mol. The summed E-state index contributed by atoms with van der Waals surface area (Å²) in [6.45, 7) is 2.11. The Labute approximate surface area is 179 Å². The van der Waals surface area contributed by atoms with Crippen LogP contribution in [0.5, 0.6) is 0 Å². The number of amides is 2. The van der Waals surface area contributed by atoms with Gasteiger partial charge in [-0.25, -0.2) is 4.39 Å². The first-order valence-corrected chi connectivity index (χ1v) is 10.3. The van der Waals surface area contributed by atoms with Crippen molar-refractivity contribution in [2.45, 2.75) is 19.4 Å². The largest absolute Gasteiger partial charge is 0.451 e. The Balaban J connectivity index is 1.46. The quantitative estimate of drug-likeness (QED) is 0.629. The molecule has 1 aliphatic heterocycles. The fraction of sp³-hybridized carbons (Fsp3) is 0.250. The minimum absolute atomic E-state index is 0.136. The van der Waals surface area contributed by atoms with Crippen molar-refractivity contribution in [3.8, 4) is 11.3 Å². The van der Waals surface area contributed by atoms with E-state index in [0.29, 0.717) is 30.1 Å². The van der Waals surface area contributed by atoms with Crippen molar-refractivity contribution in [1.82, 2.24) is 4.90 Å². The third-order valence-electron chi connectivity index (χ3n) is 5.53. The van der Waals surface area contributed by atoms with Crippen molar-refractivity contribution in [3.05, 3.63) is 77.8 Å². The summed E-state index contributed by atoms with van der Waals surface area (Å²) in [5.74, 6) is -0.440. The lowest BCUT2D eigenvalue weighted by Gasteiger charge is -2.31. The second kappa shape index (κ2) is 9.14. The molecule has 6 nitrogen and oxygen atoms in total. The Hall–Kier alpha value is -3.45. The molecule has 7 heteroatoms. The fourth-order valence-electron chi connectivity index (χ4n) is 3.87. The number of furan rings is 1. The second-order valence-corrected chi connectivity index (χ2v) is 7.76. The van der Waals surface area contributed by atoms with E-state index in [2.05, 4.69) is 10.2 Å². The van der Waals surface area contributed by atoms with Gasteiger partial charge >= 0.3 is 0 Å². The van der Waals surface area contributed by atoms with E-state index in [9.17, 15) is 14.0 Å². The molecular formula is C24H24FN3O3. The van der Waals surface area contributed by atoms with Crippen LogP contribution in [-0.4, -0.2) is 29.8 Å². The lowest BCUT2D eigenvalue weighted by Crippen LogP contribution is -2.40. The maximum absolute atomic E-state index is 13.1. The third kappa shape index (κ3) is 5.00. The molecular weight excluding hydrogens is 397 g/mol. The lowest BCUT2D eigenvalue weighted by molar-refractivity contribution is -0.123. The number of anilines is 1. The molecule has 1 fully saturated rings. The van der Waals surface area contributed by atoms with Crippen LogP contribution in [0.2, 0.25) is 0 Å². The SMILES string of the molecule is NC(=O)C1CCCN(Cc2ccccc2NC(=O)c2ccc(-c3ccc(F)cc3)o2)C1. The highest BCUT2D eigenvalue weighted by Gasteiger charge is 2.24. The van der Waals surface area contributed by atoms with Crippen LogP contribution >= 0.6 is 0 Å². The number of carbonyl (C=O) groups excluding carboxylic acids is 2. The van der Waals surface area contributed by atoms with Crippen LogP contribution in [0.25, 0.3) is 11.3 Å². The Morgan fingerprint density at radius 2 is 1.87 bits per heavy atom. The number of likely N-dealkylation sites (tertiary alicyclic amines) is 1. The Morgan fingerprint density at radius 1 is 1.10 bits per heavy atom. The molecule has 4 rings (SSSR count). The van der Waals surface area contributed by atoms with Gasteiger partial charge in [-0.05, 0) is 67.4 Å². The molecule has 1 aliphatic rings. The van der Waals surface area contributed by atoms with Gasteiger partial charge in [-0.1, -0.05) is 18.2 Å². The molecule has 0 saturated carbocycles. The Kier molecular flexibility index (Phi) is 6.13. The maximum Gasteiger partial charge on any atom is 0.291 e. The third-order valence-corrected chi connectivity index (χ3v) is 5.53. The summed E-state index contributed by atoms with van der Waals surface area (Å²) in [6, 6.07) is 16.7. The number of nitrogens with zero attached hydrogens (tertiary/aromatic N) is 1. The molecule has 1 atom stereocenters. The number of nitrogens with two attached hydrogens (primary N) is 1. The molecule has 3 aromatic rings. The molecule has 160 valence electrons. The highest BCUT2D eigenvalue weighted by atomic mass is 19.1. The smallest absolute Gasteiger partial charge is 0.291 e. The monoisotopic (exact) mass is 421 g/mol. The first kappa shape index (κ1) is 20.8. The number of nitrogens with one attached hydrogen (secondary N) is 1. The number of carbonyl (C=O) groups is 2.